The minimum atomic E-state index is -0.468. The minimum absolute atomic E-state index is 0.174. The summed E-state index contributed by atoms with van der Waals surface area (Å²) in [4.78, 5) is 25.0. The lowest BCUT2D eigenvalue weighted by Crippen LogP contribution is -2.24. The lowest BCUT2D eigenvalue weighted by atomic mass is 10.0. The van der Waals surface area contributed by atoms with Gasteiger partial charge >= 0.3 is 5.97 Å². The van der Waals surface area contributed by atoms with Crippen LogP contribution < -0.4 is 14.9 Å². The molecule has 0 atom stereocenters. The topological polar surface area (TPSA) is 77.0 Å². The summed E-state index contributed by atoms with van der Waals surface area (Å²) in [6.45, 7) is 3.65. The number of fused-ring (bicyclic) bond motifs is 1. The number of aryl methyl sites for hydroxylation is 2. The highest BCUT2D eigenvalue weighted by Crippen LogP contribution is 2.27. The van der Waals surface area contributed by atoms with Gasteiger partial charge in [0.25, 0.3) is 5.91 Å². The molecule has 0 aromatic heterocycles. The Kier molecular flexibility index (Phi) is 6.98. The second-order valence-electron chi connectivity index (χ2n) is 7.80. The summed E-state index contributed by atoms with van der Waals surface area (Å²) in [7, 11) is 0. The maximum atomic E-state index is 12.7. The molecule has 4 rings (SSSR count). The van der Waals surface area contributed by atoms with E-state index in [2.05, 4.69) is 10.5 Å². The van der Waals surface area contributed by atoms with Crippen LogP contribution in [-0.2, 0) is 4.79 Å². The van der Waals surface area contributed by atoms with E-state index in [9.17, 15) is 9.59 Å². The fraction of sp³-hybridized carbons (Fsp3) is 0.107. The number of esters is 1. The molecule has 6 nitrogen and oxygen atoms in total. The number of hydrazone groups is 1. The van der Waals surface area contributed by atoms with E-state index < -0.39 is 11.9 Å². The number of para-hydroxylation sites is 1. The van der Waals surface area contributed by atoms with Crippen molar-refractivity contribution in [1.82, 2.24) is 5.43 Å². The van der Waals surface area contributed by atoms with Crippen molar-refractivity contribution in [3.8, 4) is 11.5 Å². The van der Waals surface area contributed by atoms with Crippen LogP contribution in [0.5, 0.6) is 11.5 Å². The zero-order chi connectivity index (χ0) is 23.9. The van der Waals surface area contributed by atoms with Crippen LogP contribution in [0.15, 0.2) is 90.0 Å². The molecule has 0 spiro atoms. The molecular formula is C28H24N2O4. The first-order valence-corrected chi connectivity index (χ1v) is 10.8. The van der Waals surface area contributed by atoms with Gasteiger partial charge in [-0.3, -0.25) is 4.79 Å². The molecule has 0 unspecified atom stereocenters. The predicted molar refractivity (Wildman–Crippen MR) is 132 cm³/mol. The first-order chi connectivity index (χ1) is 16.5. The average molecular weight is 453 g/mol. The zero-order valence-electron chi connectivity index (χ0n) is 18.9. The summed E-state index contributed by atoms with van der Waals surface area (Å²) in [6.07, 6.45) is 1.48. The molecule has 0 aliphatic rings. The molecule has 170 valence electrons. The molecule has 0 radical (unpaired) electrons. The molecule has 0 bridgehead atoms. The predicted octanol–water partition coefficient (Wildman–Crippen LogP) is 5.20. The molecule has 0 fully saturated rings. The van der Waals surface area contributed by atoms with Crippen LogP contribution >= 0.6 is 0 Å². The van der Waals surface area contributed by atoms with Crippen LogP contribution in [0.2, 0.25) is 0 Å². The molecule has 0 heterocycles. The monoisotopic (exact) mass is 452 g/mol. The number of carbonyl (C=O) groups is 2. The number of ether oxygens (including phenoxy) is 2. The van der Waals surface area contributed by atoms with Gasteiger partial charge in [-0.2, -0.15) is 5.10 Å². The number of hydrogen-bond acceptors (Lipinski definition) is 5. The number of amides is 1. The van der Waals surface area contributed by atoms with E-state index in [4.69, 9.17) is 9.47 Å². The molecule has 1 amide bonds. The van der Waals surface area contributed by atoms with Crippen molar-refractivity contribution in [2.24, 2.45) is 5.10 Å². The van der Waals surface area contributed by atoms with Crippen molar-refractivity contribution in [3.63, 3.8) is 0 Å². The average Bonchev–Trinajstić information content (AvgIpc) is 2.84. The summed E-state index contributed by atoms with van der Waals surface area (Å²) < 4.78 is 11.3. The first kappa shape index (κ1) is 22.7. The fourth-order valence-corrected chi connectivity index (χ4v) is 3.49. The van der Waals surface area contributed by atoms with Crippen LogP contribution in [0, 0.1) is 13.8 Å². The molecule has 6 heteroatoms. The van der Waals surface area contributed by atoms with Crippen LogP contribution in [0.3, 0.4) is 0 Å². The van der Waals surface area contributed by atoms with Crippen molar-refractivity contribution >= 4 is 28.9 Å². The number of rotatable bonds is 7. The van der Waals surface area contributed by atoms with E-state index in [0.717, 1.165) is 21.9 Å². The van der Waals surface area contributed by atoms with Crippen molar-refractivity contribution in [2.45, 2.75) is 13.8 Å². The molecule has 0 aliphatic heterocycles. The molecular weight excluding hydrogens is 428 g/mol. The van der Waals surface area contributed by atoms with E-state index in [-0.39, 0.29) is 6.61 Å². The number of carbonyl (C=O) groups excluding carboxylic acids is 2. The maximum absolute atomic E-state index is 12.7. The summed E-state index contributed by atoms with van der Waals surface area (Å²) in [6, 6.07) is 25.9. The smallest absolute Gasteiger partial charge is 0.343 e. The van der Waals surface area contributed by atoms with Crippen molar-refractivity contribution in [2.75, 3.05) is 6.61 Å². The Morgan fingerprint density at radius 3 is 2.50 bits per heavy atom. The van der Waals surface area contributed by atoms with E-state index in [1.165, 1.54) is 6.21 Å². The summed E-state index contributed by atoms with van der Waals surface area (Å²) in [5.41, 5.74) is 5.41. The minimum Gasteiger partial charge on any atom is -0.483 e. The Labute approximate surface area is 197 Å². The van der Waals surface area contributed by atoms with Crippen molar-refractivity contribution < 1.29 is 19.1 Å². The largest absolute Gasteiger partial charge is 0.483 e. The SMILES string of the molecule is Cc1cccc(C(=O)Oc2ccc3ccccc3c2C=NNC(=O)COc2ccccc2C)c1. The Bertz CT molecular complexity index is 1380. The highest BCUT2D eigenvalue weighted by molar-refractivity contribution is 6.04. The van der Waals surface area contributed by atoms with Crippen LogP contribution in [-0.4, -0.2) is 24.7 Å². The third-order valence-corrected chi connectivity index (χ3v) is 5.22. The quantitative estimate of drug-likeness (QED) is 0.181. The highest BCUT2D eigenvalue weighted by Gasteiger charge is 2.14. The van der Waals surface area contributed by atoms with Crippen LogP contribution in [0.1, 0.15) is 27.0 Å². The first-order valence-electron chi connectivity index (χ1n) is 10.8. The standard InChI is InChI=1S/C28H24N2O4/c1-19-8-7-11-22(16-19)28(32)34-26-15-14-21-10-4-5-12-23(21)24(26)17-29-30-27(31)18-33-25-13-6-3-9-20(25)2/h3-17H,18H2,1-2H3,(H,30,31). The van der Waals surface area contributed by atoms with Gasteiger partial charge in [-0.15, -0.1) is 0 Å². The summed E-state index contributed by atoms with van der Waals surface area (Å²) in [5.74, 6) is 0.114. The number of hydrogen-bond donors (Lipinski definition) is 1. The fourth-order valence-electron chi connectivity index (χ4n) is 3.49. The van der Waals surface area contributed by atoms with Gasteiger partial charge < -0.3 is 9.47 Å². The Morgan fingerprint density at radius 2 is 1.68 bits per heavy atom. The van der Waals surface area contributed by atoms with E-state index in [1.807, 2.05) is 74.5 Å². The second-order valence-corrected chi connectivity index (χ2v) is 7.80. The van der Waals surface area contributed by atoms with Gasteiger partial charge in [-0.25, -0.2) is 10.2 Å². The number of nitrogens with zero attached hydrogens (tertiary/aromatic N) is 1. The maximum Gasteiger partial charge on any atom is 0.343 e. The highest BCUT2D eigenvalue weighted by atomic mass is 16.5. The number of nitrogens with one attached hydrogen (secondary N) is 1. The molecule has 34 heavy (non-hydrogen) atoms. The van der Waals surface area contributed by atoms with Crippen molar-refractivity contribution in [3.05, 3.63) is 107 Å². The van der Waals surface area contributed by atoms with Gasteiger partial charge in [0.15, 0.2) is 6.61 Å². The van der Waals surface area contributed by atoms with Crippen molar-refractivity contribution in [1.29, 1.82) is 0 Å². The Morgan fingerprint density at radius 1 is 0.882 bits per heavy atom. The third-order valence-electron chi connectivity index (χ3n) is 5.22. The molecule has 0 saturated carbocycles. The van der Waals surface area contributed by atoms with Crippen LogP contribution in [0.4, 0.5) is 0 Å². The molecule has 0 saturated heterocycles. The summed E-state index contributed by atoms with van der Waals surface area (Å²) >= 11 is 0. The molecule has 1 N–H and O–H groups in total. The van der Waals surface area contributed by atoms with Gasteiger partial charge in [0.05, 0.1) is 11.8 Å². The molecule has 4 aromatic rings. The van der Waals surface area contributed by atoms with Gasteiger partial charge in [0.2, 0.25) is 0 Å². The lowest BCUT2D eigenvalue weighted by molar-refractivity contribution is -0.123. The Balaban J connectivity index is 1.52. The van der Waals surface area contributed by atoms with Gasteiger partial charge in [-0.05, 0) is 54.4 Å². The second kappa shape index (κ2) is 10.4. The lowest BCUT2D eigenvalue weighted by Gasteiger charge is -2.11. The van der Waals surface area contributed by atoms with Gasteiger partial charge in [0.1, 0.15) is 11.5 Å². The molecule has 0 aliphatic carbocycles. The normalized spacial score (nSPS) is 10.9. The van der Waals surface area contributed by atoms with Gasteiger partial charge in [-0.1, -0.05) is 66.2 Å². The Hall–Kier alpha value is -4.45. The van der Waals surface area contributed by atoms with Gasteiger partial charge in [0, 0.05) is 5.56 Å². The molecule has 4 aromatic carbocycles. The summed E-state index contributed by atoms with van der Waals surface area (Å²) in [5, 5.41) is 5.88. The third kappa shape index (κ3) is 5.48. The zero-order valence-corrected chi connectivity index (χ0v) is 18.9. The van der Waals surface area contributed by atoms with Crippen LogP contribution in [0.25, 0.3) is 10.8 Å². The van der Waals surface area contributed by atoms with E-state index in [1.54, 1.807) is 24.3 Å². The van der Waals surface area contributed by atoms with E-state index in [0.29, 0.717) is 22.6 Å². The van der Waals surface area contributed by atoms with E-state index >= 15 is 0 Å². The number of benzene rings is 4.